The average Bonchev–Trinajstić information content (AvgIpc) is 3.45. The molecular weight excluding hydrogens is 360 g/mol. The maximum Gasteiger partial charge on any atom is 0.217 e. The van der Waals surface area contributed by atoms with E-state index in [0.717, 1.165) is 40.3 Å². The van der Waals surface area contributed by atoms with E-state index in [0.29, 0.717) is 6.61 Å². The quantitative estimate of drug-likeness (QED) is 0.608. The average molecular weight is 382 g/mol. The molecule has 0 radical (unpaired) electrons. The van der Waals surface area contributed by atoms with Crippen molar-refractivity contribution in [2.75, 3.05) is 6.61 Å². The fraction of sp³-hybridized carbons (Fsp3) is 0.200. The Morgan fingerprint density at radius 3 is 2.38 bits per heavy atom. The Kier molecular flexibility index (Phi) is 4.60. The Morgan fingerprint density at radius 2 is 1.59 bits per heavy atom. The molecule has 0 N–H and O–H groups in total. The molecule has 0 bridgehead atoms. The van der Waals surface area contributed by atoms with Gasteiger partial charge >= 0.3 is 0 Å². The van der Waals surface area contributed by atoms with E-state index in [-0.39, 0.29) is 12.1 Å². The second-order valence-electron chi connectivity index (χ2n) is 7.44. The zero-order valence-electron chi connectivity index (χ0n) is 16.3. The van der Waals surface area contributed by atoms with Crippen LogP contribution in [0.25, 0.3) is 0 Å². The van der Waals surface area contributed by atoms with E-state index in [2.05, 4.69) is 60.6 Å². The number of hydrogen-bond donors (Lipinski definition) is 0. The number of aliphatic imine (C=N–C) groups is 1. The summed E-state index contributed by atoms with van der Waals surface area (Å²) >= 11 is 0. The summed E-state index contributed by atoms with van der Waals surface area (Å²) < 4.78 is 5.89. The lowest BCUT2D eigenvalue weighted by molar-refractivity contribution is 0.0857. The van der Waals surface area contributed by atoms with Crippen molar-refractivity contribution >= 4 is 11.6 Å². The minimum absolute atomic E-state index is 0.00428. The number of hydrogen-bond acceptors (Lipinski definition) is 4. The van der Waals surface area contributed by atoms with Crippen molar-refractivity contribution in [3.63, 3.8) is 0 Å². The molecule has 4 nitrogen and oxygen atoms in total. The molecule has 0 saturated carbocycles. The third-order valence-electron chi connectivity index (χ3n) is 5.50. The van der Waals surface area contributed by atoms with Gasteiger partial charge in [-0.2, -0.15) is 0 Å². The van der Waals surface area contributed by atoms with Gasteiger partial charge in [0.25, 0.3) is 0 Å². The Labute approximate surface area is 170 Å². The molecule has 2 aliphatic rings. The third kappa shape index (κ3) is 3.54. The lowest BCUT2D eigenvalue weighted by atomic mass is 9.98. The summed E-state index contributed by atoms with van der Waals surface area (Å²) in [4.78, 5) is 10.5. The molecule has 0 saturated heterocycles. The summed E-state index contributed by atoms with van der Waals surface area (Å²) in [6.45, 7) is 2.65. The minimum Gasteiger partial charge on any atom is -0.475 e. The standard InChI is InChI=1S/C25H22N2O2/c1-17-7-5-6-10-21(17)25-26-23(16-28-25)19-13-11-18(12-14-19)22-15-24(29-27-22)20-8-3-2-4-9-20/h2-14,23-24H,15-16H2,1H3. The van der Waals surface area contributed by atoms with Crippen molar-refractivity contribution < 1.29 is 9.57 Å². The predicted octanol–water partition coefficient (Wildman–Crippen LogP) is 5.38. The first-order chi connectivity index (χ1) is 14.3. The molecule has 0 spiro atoms. The maximum atomic E-state index is 5.89. The highest BCUT2D eigenvalue weighted by Gasteiger charge is 2.25. The normalized spacial score (nSPS) is 20.6. The number of rotatable bonds is 4. The van der Waals surface area contributed by atoms with Gasteiger partial charge in [-0.05, 0) is 35.2 Å². The van der Waals surface area contributed by atoms with Gasteiger partial charge in [-0.15, -0.1) is 0 Å². The molecule has 3 aromatic rings. The number of aryl methyl sites for hydroxylation is 1. The molecule has 0 aliphatic carbocycles. The fourth-order valence-electron chi connectivity index (χ4n) is 3.80. The molecule has 29 heavy (non-hydrogen) atoms. The van der Waals surface area contributed by atoms with Crippen LogP contribution >= 0.6 is 0 Å². The second kappa shape index (κ2) is 7.55. The highest BCUT2D eigenvalue weighted by molar-refractivity contribution is 6.01. The van der Waals surface area contributed by atoms with Crippen LogP contribution in [0.4, 0.5) is 0 Å². The van der Waals surface area contributed by atoms with Gasteiger partial charge < -0.3 is 9.57 Å². The first-order valence-electron chi connectivity index (χ1n) is 9.92. The van der Waals surface area contributed by atoms with Crippen LogP contribution in [-0.2, 0) is 9.57 Å². The maximum absolute atomic E-state index is 5.89. The van der Waals surface area contributed by atoms with Crippen LogP contribution in [0.1, 0.15) is 46.4 Å². The molecular formula is C25H22N2O2. The van der Waals surface area contributed by atoms with Crippen LogP contribution in [0, 0.1) is 6.92 Å². The summed E-state index contributed by atoms with van der Waals surface area (Å²) in [5.41, 5.74) is 6.62. The highest BCUT2D eigenvalue weighted by Crippen LogP contribution is 2.31. The Morgan fingerprint density at radius 1 is 0.828 bits per heavy atom. The third-order valence-corrected chi connectivity index (χ3v) is 5.50. The van der Waals surface area contributed by atoms with E-state index < -0.39 is 0 Å². The van der Waals surface area contributed by atoms with E-state index in [1.54, 1.807) is 0 Å². The lowest BCUT2D eigenvalue weighted by Crippen LogP contribution is -2.03. The molecule has 4 heteroatoms. The number of nitrogens with zero attached hydrogens (tertiary/aromatic N) is 2. The van der Waals surface area contributed by atoms with Crippen LogP contribution < -0.4 is 0 Å². The Bertz CT molecular complexity index is 1070. The number of benzene rings is 3. The molecule has 5 rings (SSSR count). The first-order valence-corrected chi connectivity index (χ1v) is 9.92. The van der Waals surface area contributed by atoms with Crippen LogP contribution in [0.15, 0.2) is 89.0 Å². The largest absolute Gasteiger partial charge is 0.475 e. The topological polar surface area (TPSA) is 43.2 Å². The smallest absolute Gasteiger partial charge is 0.217 e. The van der Waals surface area contributed by atoms with Gasteiger partial charge in [0.05, 0.1) is 5.71 Å². The van der Waals surface area contributed by atoms with Crippen LogP contribution in [-0.4, -0.2) is 18.2 Å². The number of oxime groups is 1. The number of ether oxygens (including phenoxy) is 1. The summed E-state index contributed by atoms with van der Waals surface area (Å²) in [5.74, 6) is 0.733. The summed E-state index contributed by atoms with van der Waals surface area (Å²) in [6.07, 6.45) is 0.779. The van der Waals surface area contributed by atoms with Crippen LogP contribution in [0.2, 0.25) is 0 Å². The molecule has 0 aromatic heterocycles. The van der Waals surface area contributed by atoms with E-state index in [1.165, 1.54) is 5.56 Å². The van der Waals surface area contributed by atoms with Gasteiger partial charge in [-0.3, -0.25) is 0 Å². The Hall–Kier alpha value is -3.40. The molecule has 2 aliphatic heterocycles. The van der Waals surface area contributed by atoms with Crippen molar-refractivity contribution in [2.24, 2.45) is 10.1 Å². The lowest BCUT2D eigenvalue weighted by Gasteiger charge is -2.08. The molecule has 0 fully saturated rings. The zero-order chi connectivity index (χ0) is 19.6. The van der Waals surface area contributed by atoms with Crippen molar-refractivity contribution in [1.29, 1.82) is 0 Å². The predicted molar refractivity (Wildman–Crippen MR) is 114 cm³/mol. The van der Waals surface area contributed by atoms with Crippen molar-refractivity contribution in [3.8, 4) is 0 Å². The molecule has 2 heterocycles. The molecule has 2 atom stereocenters. The molecule has 0 amide bonds. The molecule has 2 unspecified atom stereocenters. The summed E-state index contributed by atoms with van der Waals surface area (Å²) in [5, 5.41) is 4.32. The second-order valence-corrected chi connectivity index (χ2v) is 7.44. The van der Waals surface area contributed by atoms with Gasteiger partial charge in [-0.1, -0.05) is 78.0 Å². The van der Waals surface area contributed by atoms with Crippen LogP contribution in [0.3, 0.4) is 0 Å². The first kappa shape index (κ1) is 17.7. The van der Waals surface area contributed by atoms with Gasteiger partial charge in [-0.25, -0.2) is 4.99 Å². The molecule has 3 aromatic carbocycles. The molecule has 144 valence electrons. The van der Waals surface area contributed by atoms with Crippen LogP contribution in [0.5, 0.6) is 0 Å². The minimum atomic E-state index is -0.00428. The fourth-order valence-corrected chi connectivity index (χ4v) is 3.80. The van der Waals surface area contributed by atoms with Crippen molar-refractivity contribution in [2.45, 2.75) is 25.5 Å². The van der Waals surface area contributed by atoms with E-state index >= 15 is 0 Å². The van der Waals surface area contributed by atoms with E-state index in [4.69, 9.17) is 14.6 Å². The van der Waals surface area contributed by atoms with E-state index in [1.807, 2.05) is 30.3 Å². The van der Waals surface area contributed by atoms with Crippen molar-refractivity contribution in [1.82, 2.24) is 0 Å². The van der Waals surface area contributed by atoms with Gasteiger partial charge in [0.1, 0.15) is 12.6 Å². The van der Waals surface area contributed by atoms with Gasteiger partial charge in [0.2, 0.25) is 5.90 Å². The van der Waals surface area contributed by atoms with Gasteiger partial charge in [0, 0.05) is 12.0 Å². The van der Waals surface area contributed by atoms with Gasteiger partial charge in [0.15, 0.2) is 6.10 Å². The SMILES string of the molecule is Cc1ccccc1C1=NC(c2ccc(C3=NOC(c4ccccc4)C3)cc2)CO1. The zero-order valence-corrected chi connectivity index (χ0v) is 16.3. The highest BCUT2D eigenvalue weighted by atomic mass is 16.6. The summed E-state index contributed by atoms with van der Waals surface area (Å²) in [6, 6.07) is 26.9. The van der Waals surface area contributed by atoms with E-state index in [9.17, 15) is 0 Å². The van der Waals surface area contributed by atoms with Crippen molar-refractivity contribution in [3.05, 3.63) is 107 Å². The summed E-state index contributed by atoms with van der Waals surface area (Å²) in [7, 11) is 0. The Balaban J connectivity index is 1.30. The monoisotopic (exact) mass is 382 g/mol.